The molecule has 2 rings (SSSR count). The van der Waals surface area contributed by atoms with Gasteiger partial charge in [-0.05, 0) is 62.2 Å². The molecule has 0 radical (unpaired) electrons. The number of anilines is 1. The first-order chi connectivity index (χ1) is 10.4. The molecule has 2 aromatic carbocycles. The van der Waals surface area contributed by atoms with E-state index in [0.29, 0.717) is 21.5 Å². The Morgan fingerprint density at radius 2 is 1.82 bits per heavy atom. The van der Waals surface area contributed by atoms with E-state index >= 15 is 0 Å². The SMILES string of the molecule is Cc1ccc(NC(=O)[C@@H](C)Oc2ccc(Cl)cc2C)cc1Cl. The molecular formula is C17H17Cl2NO2. The minimum absolute atomic E-state index is 0.241. The van der Waals surface area contributed by atoms with Gasteiger partial charge in [0.25, 0.3) is 5.91 Å². The van der Waals surface area contributed by atoms with E-state index < -0.39 is 6.10 Å². The molecule has 5 heteroatoms. The van der Waals surface area contributed by atoms with Crippen LogP contribution in [-0.2, 0) is 4.79 Å². The minimum Gasteiger partial charge on any atom is -0.481 e. The molecule has 0 aliphatic heterocycles. The van der Waals surface area contributed by atoms with E-state index in [1.807, 2.05) is 19.9 Å². The Morgan fingerprint density at radius 3 is 2.45 bits per heavy atom. The molecule has 116 valence electrons. The second kappa shape index (κ2) is 7.03. The van der Waals surface area contributed by atoms with Gasteiger partial charge in [0.1, 0.15) is 5.75 Å². The van der Waals surface area contributed by atoms with Crippen LogP contribution in [0.25, 0.3) is 0 Å². The highest BCUT2D eigenvalue weighted by molar-refractivity contribution is 6.31. The Kier molecular flexibility index (Phi) is 5.33. The van der Waals surface area contributed by atoms with Gasteiger partial charge in [-0.3, -0.25) is 4.79 Å². The summed E-state index contributed by atoms with van der Waals surface area (Å²) in [6.07, 6.45) is -0.639. The van der Waals surface area contributed by atoms with Crippen molar-refractivity contribution in [2.75, 3.05) is 5.32 Å². The fourth-order valence-electron chi connectivity index (χ4n) is 1.90. The van der Waals surface area contributed by atoms with Crippen molar-refractivity contribution in [1.82, 2.24) is 0 Å². The maximum Gasteiger partial charge on any atom is 0.265 e. The molecule has 3 nitrogen and oxygen atoms in total. The van der Waals surface area contributed by atoms with Crippen molar-refractivity contribution in [2.45, 2.75) is 26.9 Å². The summed E-state index contributed by atoms with van der Waals surface area (Å²) in [5.41, 5.74) is 2.48. The van der Waals surface area contributed by atoms with Gasteiger partial charge in [0.2, 0.25) is 0 Å². The zero-order valence-electron chi connectivity index (χ0n) is 12.6. The first-order valence-corrected chi connectivity index (χ1v) is 7.62. The lowest BCUT2D eigenvalue weighted by Crippen LogP contribution is -2.30. The van der Waals surface area contributed by atoms with E-state index in [1.54, 1.807) is 37.3 Å². The van der Waals surface area contributed by atoms with Gasteiger partial charge in [-0.2, -0.15) is 0 Å². The average molecular weight is 338 g/mol. The molecule has 0 aromatic heterocycles. The predicted octanol–water partition coefficient (Wildman–Crippen LogP) is 5.02. The van der Waals surface area contributed by atoms with Gasteiger partial charge < -0.3 is 10.1 Å². The summed E-state index contributed by atoms with van der Waals surface area (Å²) in [5, 5.41) is 4.03. The minimum atomic E-state index is -0.639. The van der Waals surface area contributed by atoms with Crippen LogP contribution < -0.4 is 10.1 Å². The van der Waals surface area contributed by atoms with Gasteiger partial charge in [0.15, 0.2) is 6.10 Å². The number of carbonyl (C=O) groups excluding carboxylic acids is 1. The first-order valence-electron chi connectivity index (χ1n) is 6.86. The Bertz CT molecular complexity index is 701. The van der Waals surface area contributed by atoms with Gasteiger partial charge in [0.05, 0.1) is 0 Å². The van der Waals surface area contributed by atoms with Crippen molar-refractivity contribution in [1.29, 1.82) is 0 Å². The molecule has 1 amide bonds. The molecule has 0 spiro atoms. The lowest BCUT2D eigenvalue weighted by Gasteiger charge is -2.16. The summed E-state index contributed by atoms with van der Waals surface area (Å²) in [6, 6.07) is 10.7. The summed E-state index contributed by atoms with van der Waals surface area (Å²) in [5.74, 6) is 0.392. The number of nitrogens with one attached hydrogen (secondary N) is 1. The third-order valence-electron chi connectivity index (χ3n) is 3.25. The number of aryl methyl sites for hydroxylation is 2. The Labute approximate surface area is 140 Å². The molecule has 0 fully saturated rings. The molecule has 0 bridgehead atoms. The van der Waals surface area contributed by atoms with Crippen LogP contribution in [0.2, 0.25) is 10.0 Å². The fraction of sp³-hybridized carbons (Fsp3) is 0.235. The molecule has 0 saturated carbocycles. The Morgan fingerprint density at radius 1 is 1.09 bits per heavy atom. The quantitative estimate of drug-likeness (QED) is 0.850. The normalized spacial score (nSPS) is 11.9. The molecule has 0 aliphatic rings. The summed E-state index contributed by atoms with van der Waals surface area (Å²) < 4.78 is 5.68. The second-order valence-electron chi connectivity index (χ2n) is 5.12. The highest BCUT2D eigenvalue weighted by Gasteiger charge is 2.16. The molecule has 22 heavy (non-hydrogen) atoms. The van der Waals surface area contributed by atoms with Gasteiger partial charge in [0, 0.05) is 15.7 Å². The molecule has 2 aromatic rings. The van der Waals surface area contributed by atoms with E-state index in [2.05, 4.69) is 5.32 Å². The topological polar surface area (TPSA) is 38.3 Å². The van der Waals surface area contributed by atoms with E-state index in [9.17, 15) is 4.79 Å². The molecule has 1 atom stereocenters. The third kappa shape index (κ3) is 4.15. The predicted molar refractivity (Wildman–Crippen MR) is 91.1 cm³/mol. The monoisotopic (exact) mass is 337 g/mol. The summed E-state index contributed by atoms with van der Waals surface area (Å²) in [6.45, 7) is 5.48. The van der Waals surface area contributed by atoms with Crippen molar-refractivity contribution >= 4 is 34.8 Å². The van der Waals surface area contributed by atoms with Gasteiger partial charge >= 0.3 is 0 Å². The van der Waals surface area contributed by atoms with Crippen LogP contribution >= 0.6 is 23.2 Å². The molecule has 1 N–H and O–H groups in total. The van der Waals surface area contributed by atoms with Crippen LogP contribution in [0.15, 0.2) is 36.4 Å². The van der Waals surface area contributed by atoms with Gasteiger partial charge in [-0.15, -0.1) is 0 Å². The number of benzene rings is 2. The fourth-order valence-corrected chi connectivity index (χ4v) is 2.31. The number of hydrogen-bond acceptors (Lipinski definition) is 2. The zero-order chi connectivity index (χ0) is 16.3. The van der Waals surface area contributed by atoms with Gasteiger partial charge in [-0.1, -0.05) is 29.3 Å². The van der Waals surface area contributed by atoms with Crippen LogP contribution in [0.5, 0.6) is 5.75 Å². The standard InChI is InChI=1S/C17H17Cl2NO2/c1-10-4-6-14(9-15(10)19)20-17(21)12(3)22-16-7-5-13(18)8-11(16)2/h4-9,12H,1-3H3,(H,20,21)/t12-/m1/s1. The average Bonchev–Trinajstić information content (AvgIpc) is 2.45. The Hall–Kier alpha value is -1.71. The number of ether oxygens (including phenoxy) is 1. The summed E-state index contributed by atoms with van der Waals surface area (Å²) in [4.78, 5) is 12.2. The third-order valence-corrected chi connectivity index (χ3v) is 3.89. The highest BCUT2D eigenvalue weighted by Crippen LogP contribution is 2.24. The zero-order valence-corrected chi connectivity index (χ0v) is 14.1. The van der Waals surface area contributed by atoms with Gasteiger partial charge in [-0.25, -0.2) is 0 Å². The molecule has 0 unspecified atom stereocenters. The number of carbonyl (C=O) groups is 1. The maximum atomic E-state index is 12.2. The highest BCUT2D eigenvalue weighted by atomic mass is 35.5. The molecule has 0 saturated heterocycles. The number of halogens is 2. The number of hydrogen-bond donors (Lipinski definition) is 1. The van der Waals surface area contributed by atoms with Crippen molar-refractivity contribution in [3.05, 3.63) is 57.6 Å². The molecule has 0 aliphatic carbocycles. The largest absolute Gasteiger partial charge is 0.481 e. The summed E-state index contributed by atoms with van der Waals surface area (Å²) in [7, 11) is 0. The van der Waals surface area contributed by atoms with Crippen LogP contribution in [0.1, 0.15) is 18.1 Å². The summed E-state index contributed by atoms with van der Waals surface area (Å²) >= 11 is 12.0. The molecular weight excluding hydrogens is 321 g/mol. The number of rotatable bonds is 4. The Balaban J connectivity index is 2.04. The van der Waals surface area contributed by atoms with Crippen molar-refractivity contribution in [3.63, 3.8) is 0 Å². The van der Waals surface area contributed by atoms with E-state index in [0.717, 1.165) is 11.1 Å². The van der Waals surface area contributed by atoms with Crippen molar-refractivity contribution in [3.8, 4) is 5.75 Å². The smallest absolute Gasteiger partial charge is 0.265 e. The first kappa shape index (κ1) is 16.7. The lowest BCUT2D eigenvalue weighted by atomic mass is 10.2. The lowest BCUT2D eigenvalue weighted by molar-refractivity contribution is -0.122. The van der Waals surface area contributed by atoms with E-state index in [-0.39, 0.29) is 5.91 Å². The second-order valence-corrected chi connectivity index (χ2v) is 5.97. The van der Waals surface area contributed by atoms with Crippen LogP contribution in [0.3, 0.4) is 0 Å². The van der Waals surface area contributed by atoms with Crippen molar-refractivity contribution in [2.24, 2.45) is 0 Å². The molecule has 0 heterocycles. The number of amides is 1. The van der Waals surface area contributed by atoms with Crippen LogP contribution in [-0.4, -0.2) is 12.0 Å². The van der Waals surface area contributed by atoms with Crippen molar-refractivity contribution < 1.29 is 9.53 Å². The maximum absolute atomic E-state index is 12.2. The van der Waals surface area contributed by atoms with E-state index in [4.69, 9.17) is 27.9 Å². The van der Waals surface area contributed by atoms with E-state index in [1.165, 1.54) is 0 Å². The van der Waals surface area contributed by atoms with Crippen LogP contribution in [0, 0.1) is 13.8 Å². The van der Waals surface area contributed by atoms with Crippen LogP contribution in [0.4, 0.5) is 5.69 Å².